The van der Waals surface area contributed by atoms with Gasteiger partial charge >= 0.3 is 0 Å². The van der Waals surface area contributed by atoms with Crippen LogP contribution in [-0.4, -0.2) is 38.8 Å². The van der Waals surface area contributed by atoms with E-state index in [4.69, 9.17) is 18.9 Å². The van der Waals surface area contributed by atoms with Crippen molar-refractivity contribution in [2.24, 2.45) is 0 Å². The van der Waals surface area contributed by atoms with E-state index in [9.17, 15) is 0 Å². The Kier molecular flexibility index (Phi) is 37.8. The number of allylic oxidation sites excluding steroid dienone is 6. The van der Waals surface area contributed by atoms with Gasteiger partial charge in [-0.25, -0.2) is 0 Å². The van der Waals surface area contributed by atoms with Gasteiger partial charge in [-0.1, -0.05) is 154 Å². The minimum atomic E-state index is -0.887. The topological polar surface area (TPSA) is 36.9 Å². The molecule has 4 nitrogen and oxygen atoms in total. The summed E-state index contributed by atoms with van der Waals surface area (Å²) in [6.45, 7) is 16.3. The van der Waals surface area contributed by atoms with Crippen molar-refractivity contribution in [1.29, 1.82) is 0 Å². The predicted octanol–water partition coefficient (Wildman–Crippen LogP) is 13.4. The van der Waals surface area contributed by atoms with E-state index in [-0.39, 0.29) is 0 Å². The van der Waals surface area contributed by atoms with Gasteiger partial charge in [-0.15, -0.1) is 0 Å². The van der Waals surface area contributed by atoms with Crippen LogP contribution in [0.5, 0.6) is 0 Å². The Hall–Kier alpha value is -2.24. The van der Waals surface area contributed by atoms with Crippen LogP contribution >= 0.6 is 0 Å². The van der Waals surface area contributed by atoms with Gasteiger partial charge in [-0.05, 0) is 82.4 Å². The molecule has 0 bridgehead atoms. The van der Waals surface area contributed by atoms with E-state index < -0.39 is 5.79 Å². The molecular formula is C46H78O4. The first kappa shape index (κ1) is 47.8. The maximum Gasteiger partial charge on any atom is 0.228 e. The zero-order valence-electron chi connectivity index (χ0n) is 33.3. The molecule has 0 aliphatic carbocycles. The molecule has 4 heteroatoms. The minimum Gasteiger partial charge on any atom is -0.492 e. The van der Waals surface area contributed by atoms with E-state index in [0.717, 1.165) is 102 Å². The van der Waals surface area contributed by atoms with E-state index in [0.29, 0.717) is 19.8 Å². The van der Waals surface area contributed by atoms with Gasteiger partial charge in [0.05, 0.1) is 19.8 Å². The predicted molar refractivity (Wildman–Crippen MR) is 217 cm³/mol. The molecule has 0 aliphatic heterocycles. The standard InChI is InChI=1S/C46H78O4/c1-6-11-16-17-18-19-22-25-28-31-34-39-46(49-43-35-12-7-2,50-44-36-13-8-3)45(48-42-15-10-5)38-33-30-27-24-21-20-23-26-29-32-37-41-47-40-14-9-4/h6,17-18,24,27,38H,1,7-10,12-15,19-23,25-26,28-29,31-32,34-37,39-44H2,2-5H3/b18-17+,27-24+,45-38?. The fourth-order valence-electron chi connectivity index (χ4n) is 5.44. The molecule has 0 aromatic carbocycles. The second-order valence-electron chi connectivity index (χ2n) is 13.3. The third-order valence-electron chi connectivity index (χ3n) is 8.60. The molecule has 0 unspecified atom stereocenters. The van der Waals surface area contributed by atoms with Gasteiger partial charge in [0.15, 0.2) is 5.76 Å². The molecule has 0 saturated heterocycles. The number of hydrogen-bond donors (Lipinski definition) is 0. The second kappa shape index (κ2) is 39.5. The van der Waals surface area contributed by atoms with Crippen molar-refractivity contribution >= 4 is 0 Å². The highest BCUT2D eigenvalue weighted by atomic mass is 16.7. The number of rotatable bonds is 35. The molecule has 0 heterocycles. The highest BCUT2D eigenvalue weighted by molar-refractivity contribution is 5.27. The van der Waals surface area contributed by atoms with E-state index in [1.54, 1.807) is 6.08 Å². The van der Waals surface area contributed by atoms with Crippen molar-refractivity contribution in [2.75, 3.05) is 33.0 Å². The molecule has 0 rings (SSSR count). The summed E-state index contributed by atoms with van der Waals surface area (Å²) >= 11 is 0. The highest BCUT2D eigenvalue weighted by Crippen LogP contribution is 2.32. The number of hydrogen-bond acceptors (Lipinski definition) is 4. The summed E-state index contributed by atoms with van der Waals surface area (Å²) in [5.74, 6) is 12.2. The van der Waals surface area contributed by atoms with E-state index >= 15 is 0 Å². The van der Waals surface area contributed by atoms with Crippen LogP contribution in [0.4, 0.5) is 0 Å². The lowest BCUT2D eigenvalue weighted by molar-refractivity contribution is -0.238. The smallest absolute Gasteiger partial charge is 0.228 e. The average molecular weight is 695 g/mol. The van der Waals surface area contributed by atoms with Gasteiger partial charge in [0.1, 0.15) is 0 Å². The lowest BCUT2D eigenvalue weighted by atomic mass is 10.0. The van der Waals surface area contributed by atoms with Gasteiger partial charge in [-0.3, -0.25) is 0 Å². The van der Waals surface area contributed by atoms with Gasteiger partial charge < -0.3 is 18.9 Å². The van der Waals surface area contributed by atoms with Crippen LogP contribution in [-0.2, 0) is 18.9 Å². The van der Waals surface area contributed by atoms with Gasteiger partial charge in [0.25, 0.3) is 0 Å². The largest absolute Gasteiger partial charge is 0.492 e. The zero-order valence-corrected chi connectivity index (χ0v) is 33.3. The van der Waals surface area contributed by atoms with Crippen molar-refractivity contribution in [3.8, 4) is 23.7 Å². The van der Waals surface area contributed by atoms with Gasteiger partial charge in [0, 0.05) is 25.7 Å². The van der Waals surface area contributed by atoms with Gasteiger partial charge in [0.2, 0.25) is 5.79 Å². The summed E-state index contributed by atoms with van der Waals surface area (Å²) < 4.78 is 25.6. The van der Waals surface area contributed by atoms with Crippen molar-refractivity contribution in [1.82, 2.24) is 0 Å². The Bertz CT molecular complexity index is 942. The Balaban J connectivity index is 5.37. The molecule has 0 fully saturated rings. The van der Waals surface area contributed by atoms with Crippen molar-refractivity contribution in [3.05, 3.63) is 48.8 Å². The minimum absolute atomic E-state index is 0.648. The van der Waals surface area contributed by atoms with Gasteiger partial charge in [-0.2, -0.15) is 0 Å². The van der Waals surface area contributed by atoms with Crippen molar-refractivity contribution < 1.29 is 18.9 Å². The molecular weight excluding hydrogens is 617 g/mol. The third-order valence-corrected chi connectivity index (χ3v) is 8.60. The van der Waals surface area contributed by atoms with E-state index in [1.165, 1.54) is 70.6 Å². The Morgan fingerprint density at radius 1 is 0.500 bits per heavy atom. The van der Waals surface area contributed by atoms with Crippen molar-refractivity contribution in [2.45, 2.75) is 188 Å². The Morgan fingerprint density at radius 3 is 1.56 bits per heavy atom. The zero-order chi connectivity index (χ0) is 36.5. The average Bonchev–Trinajstić information content (AvgIpc) is 3.13. The van der Waals surface area contributed by atoms with Crippen LogP contribution in [0.3, 0.4) is 0 Å². The number of ether oxygens (including phenoxy) is 4. The monoisotopic (exact) mass is 695 g/mol. The second-order valence-corrected chi connectivity index (χ2v) is 13.3. The Morgan fingerprint density at radius 2 is 0.980 bits per heavy atom. The molecule has 0 spiro atoms. The quantitative estimate of drug-likeness (QED) is 0.0286. The molecule has 0 radical (unpaired) electrons. The molecule has 286 valence electrons. The van der Waals surface area contributed by atoms with Crippen LogP contribution in [0.2, 0.25) is 0 Å². The highest BCUT2D eigenvalue weighted by Gasteiger charge is 2.38. The first-order valence-corrected chi connectivity index (χ1v) is 20.8. The van der Waals surface area contributed by atoms with Crippen LogP contribution in [0.15, 0.2) is 48.8 Å². The molecule has 0 aliphatic rings. The molecule has 50 heavy (non-hydrogen) atoms. The molecule has 0 aromatic rings. The third kappa shape index (κ3) is 30.6. The first-order chi connectivity index (χ1) is 24.7. The summed E-state index contributed by atoms with van der Waals surface area (Å²) in [5.41, 5.74) is 0. The molecule has 0 aromatic heterocycles. The van der Waals surface area contributed by atoms with Crippen LogP contribution in [0.1, 0.15) is 182 Å². The fraction of sp³-hybridized carbons (Fsp3) is 0.739. The number of unbranched alkanes of at least 4 members (excludes halogenated alkanes) is 17. The Labute approximate surface area is 311 Å². The fourth-order valence-corrected chi connectivity index (χ4v) is 5.44. The van der Waals surface area contributed by atoms with Crippen molar-refractivity contribution in [3.63, 3.8) is 0 Å². The van der Waals surface area contributed by atoms with Crippen LogP contribution in [0, 0.1) is 23.7 Å². The molecule has 0 amide bonds. The molecule has 0 N–H and O–H groups in total. The summed E-state index contributed by atoms with van der Waals surface area (Å²) in [6, 6.07) is 0. The summed E-state index contributed by atoms with van der Waals surface area (Å²) in [5, 5.41) is 0. The molecule has 0 atom stereocenters. The first-order valence-electron chi connectivity index (χ1n) is 20.8. The van der Waals surface area contributed by atoms with E-state index in [2.05, 4.69) is 70.1 Å². The SMILES string of the molecule is C=CC#C/C=C/CCCCCCCC(OCCCCC)(OCCCCC)C(=CC#C/C=C/CCCCCCCCOCCCC)OCCCC. The van der Waals surface area contributed by atoms with E-state index in [1.807, 2.05) is 18.2 Å². The normalized spacial score (nSPS) is 11.9. The lowest BCUT2D eigenvalue weighted by Crippen LogP contribution is -2.40. The summed E-state index contributed by atoms with van der Waals surface area (Å²) in [6.07, 6.45) is 39.2. The maximum atomic E-state index is 6.74. The molecule has 0 saturated carbocycles. The summed E-state index contributed by atoms with van der Waals surface area (Å²) in [7, 11) is 0. The summed E-state index contributed by atoms with van der Waals surface area (Å²) in [4.78, 5) is 0. The van der Waals surface area contributed by atoms with Crippen LogP contribution in [0.25, 0.3) is 0 Å². The van der Waals surface area contributed by atoms with Crippen LogP contribution < -0.4 is 0 Å². The lowest BCUT2D eigenvalue weighted by Gasteiger charge is -2.35. The maximum absolute atomic E-state index is 6.74.